The van der Waals surface area contributed by atoms with Crippen molar-refractivity contribution in [2.24, 2.45) is 5.73 Å². The highest BCUT2D eigenvalue weighted by molar-refractivity contribution is 6.04. The predicted octanol–water partition coefficient (Wildman–Crippen LogP) is 3.42. The number of carbonyl (C=O) groups is 1. The van der Waals surface area contributed by atoms with E-state index in [4.69, 9.17) is 5.73 Å². The predicted molar refractivity (Wildman–Crippen MR) is 73.7 cm³/mol. The van der Waals surface area contributed by atoms with Crippen LogP contribution in [0, 0.1) is 0 Å². The molecular formula is C15H13F3N2O. The molecule has 0 bridgehead atoms. The molecule has 0 aliphatic rings. The molecule has 2 aromatic carbocycles. The SMILES string of the molecule is NCc1ccc(NC(=O)c2ccc(C(F)(F)F)cc2)cc1. The average molecular weight is 294 g/mol. The maximum atomic E-state index is 12.4. The van der Waals surface area contributed by atoms with Crippen LogP contribution in [0.4, 0.5) is 18.9 Å². The van der Waals surface area contributed by atoms with Crippen LogP contribution in [0.2, 0.25) is 0 Å². The summed E-state index contributed by atoms with van der Waals surface area (Å²) in [6, 6.07) is 11.0. The van der Waals surface area contributed by atoms with Gasteiger partial charge in [0.15, 0.2) is 0 Å². The number of hydrogen-bond acceptors (Lipinski definition) is 2. The Kier molecular flexibility index (Phi) is 4.28. The quantitative estimate of drug-likeness (QED) is 0.911. The summed E-state index contributed by atoms with van der Waals surface area (Å²) in [7, 11) is 0. The first-order valence-corrected chi connectivity index (χ1v) is 6.18. The molecule has 0 saturated heterocycles. The number of hydrogen-bond donors (Lipinski definition) is 2. The van der Waals surface area contributed by atoms with Crippen LogP contribution in [0.15, 0.2) is 48.5 Å². The van der Waals surface area contributed by atoms with Crippen LogP contribution < -0.4 is 11.1 Å². The van der Waals surface area contributed by atoms with Crippen LogP contribution >= 0.6 is 0 Å². The van der Waals surface area contributed by atoms with Gasteiger partial charge in [-0.1, -0.05) is 12.1 Å². The van der Waals surface area contributed by atoms with Gasteiger partial charge in [0.05, 0.1) is 5.56 Å². The Balaban J connectivity index is 2.09. The first-order valence-electron chi connectivity index (χ1n) is 6.18. The van der Waals surface area contributed by atoms with E-state index in [0.29, 0.717) is 12.2 Å². The second-order valence-electron chi connectivity index (χ2n) is 4.43. The van der Waals surface area contributed by atoms with Gasteiger partial charge in [0, 0.05) is 17.8 Å². The third-order valence-corrected chi connectivity index (χ3v) is 2.92. The zero-order valence-electron chi connectivity index (χ0n) is 10.9. The normalized spacial score (nSPS) is 11.2. The number of rotatable bonds is 3. The van der Waals surface area contributed by atoms with E-state index < -0.39 is 17.6 Å². The van der Waals surface area contributed by atoms with Crippen molar-refractivity contribution in [2.45, 2.75) is 12.7 Å². The molecule has 110 valence electrons. The van der Waals surface area contributed by atoms with Gasteiger partial charge in [-0.15, -0.1) is 0 Å². The lowest BCUT2D eigenvalue weighted by atomic mass is 10.1. The van der Waals surface area contributed by atoms with E-state index in [9.17, 15) is 18.0 Å². The number of carbonyl (C=O) groups excluding carboxylic acids is 1. The molecule has 1 amide bonds. The van der Waals surface area contributed by atoms with Crippen LogP contribution in [-0.2, 0) is 12.7 Å². The third kappa shape index (κ3) is 3.82. The van der Waals surface area contributed by atoms with Crippen molar-refractivity contribution < 1.29 is 18.0 Å². The maximum Gasteiger partial charge on any atom is 0.416 e. The molecule has 0 unspecified atom stereocenters. The van der Waals surface area contributed by atoms with E-state index in [0.717, 1.165) is 29.8 Å². The minimum atomic E-state index is -4.41. The number of amides is 1. The second-order valence-corrected chi connectivity index (χ2v) is 4.43. The fourth-order valence-corrected chi connectivity index (χ4v) is 1.74. The van der Waals surface area contributed by atoms with Crippen molar-refractivity contribution >= 4 is 11.6 Å². The van der Waals surface area contributed by atoms with E-state index in [1.165, 1.54) is 0 Å². The zero-order chi connectivity index (χ0) is 15.5. The van der Waals surface area contributed by atoms with Crippen LogP contribution in [0.3, 0.4) is 0 Å². The van der Waals surface area contributed by atoms with Gasteiger partial charge in [-0.2, -0.15) is 13.2 Å². The maximum absolute atomic E-state index is 12.4. The molecule has 0 spiro atoms. The number of nitrogens with one attached hydrogen (secondary N) is 1. The van der Waals surface area contributed by atoms with Crippen molar-refractivity contribution in [1.82, 2.24) is 0 Å². The summed E-state index contributed by atoms with van der Waals surface area (Å²) in [4.78, 5) is 11.9. The smallest absolute Gasteiger partial charge is 0.326 e. The van der Waals surface area contributed by atoms with Crippen molar-refractivity contribution in [3.63, 3.8) is 0 Å². The van der Waals surface area contributed by atoms with Crippen LogP contribution in [0.5, 0.6) is 0 Å². The van der Waals surface area contributed by atoms with Gasteiger partial charge in [-0.3, -0.25) is 4.79 Å². The van der Waals surface area contributed by atoms with E-state index >= 15 is 0 Å². The van der Waals surface area contributed by atoms with Crippen LogP contribution in [0.1, 0.15) is 21.5 Å². The standard InChI is InChI=1S/C15H13F3N2O/c16-15(17,18)12-5-3-11(4-6-12)14(21)20-13-7-1-10(9-19)2-8-13/h1-8H,9,19H2,(H,20,21). The summed E-state index contributed by atoms with van der Waals surface area (Å²) >= 11 is 0. The molecular weight excluding hydrogens is 281 g/mol. The van der Waals surface area contributed by atoms with Gasteiger partial charge in [-0.25, -0.2) is 0 Å². The molecule has 2 aromatic rings. The number of nitrogens with two attached hydrogens (primary N) is 1. The molecule has 0 fully saturated rings. The molecule has 0 heterocycles. The van der Waals surface area contributed by atoms with Gasteiger partial charge in [0.1, 0.15) is 0 Å². The lowest BCUT2D eigenvalue weighted by Gasteiger charge is -2.08. The highest BCUT2D eigenvalue weighted by Crippen LogP contribution is 2.29. The van der Waals surface area contributed by atoms with Gasteiger partial charge in [-0.05, 0) is 42.0 Å². The Hall–Kier alpha value is -2.34. The van der Waals surface area contributed by atoms with Crippen molar-refractivity contribution in [2.75, 3.05) is 5.32 Å². The number of halogens is 3. The zero-order valence-corrected chi connectivity index (χ0v) is 10.9. The largest absolute Gasteiger partial charge is 0.416 e. The van der Waals surface area contributed by atoms with Crippen molar-refractivity contribution in [3.05, 3.63) is 65.2 Å². The Morgan fingerprint density at radius 3 is 2.05 bits per heavy atom. The molecule has 2 rings (SSSR count). The molecule has 3 N–H and O–H groups in total. The topological polar surface area (TPSA) is 55.1 Å². The fraction of sp³-hybridized carbons (Fsp3) is 0.133. The second kappa shape index (κ2) is 5.97. The summed E-state index contributed by atoms with van der Waals surface area (Å²) in [6.07, 6.45) is -4.41. The molecule has 0 aliphatic carbocycles. The Bertz CT molecular complexity index is 619. The summed E-state index contributed by atoms with van der Waals surface area (Å²) in [5, 5.41) is 2.61. The molecule has 0 atom stereocenters. The molecule has 0 radical (unpaired) electrons. The highest BCUT2D eigenvalue weighted by atomic mass is 19.4. The summed E-state index contributed by atoms with van der Waals surface area (Å²) in [5.74, 6) is -0.468. The molecule has 3 nitrogen and oxygen atoms in total. The van der Waals surface area contributed by atoms with Gasteiger partial charge < -0.3 is 11.1 Å². The van der Waals surface area contributed by atoms with E-state index in [2.05, 4.69) is 5.32 Å². The highest BCUT2D eigenvalue weighted by Gasteiger charge is 2.30. The fourth-order valence-electron chi connectivity index (χ4n) is 1.74. The Morgan fingerprint density at radius 1 is 1.00 bits per heavy atom. The lowest BCUT2D eigenvalue weighted by molar-refractivity contribution is -0.137. The number of benzene rings is 2. The van der Waals surface area contributed by atoms with E-state index in [-0.39, 0.29) is 5.56 Å². The molecule has 6 heteroatoms. The summed E-state index contributed by atoms with van der Waals surface area (Å²) in [5.41, 5.74) is 6.31. The van der Waals surface area contributed by atoms with E-state index in [1.807, 2.05) is 0 Å². The molecule has 0 aliphatic heterocycles. The molecule has 0 saturated carbocycles. The minimum Gasteiger partial charge on any atom is -0.326 e. The summed E-state index contributed by atoms with van der Waals surface area (Å²) in [6.45, 7) is 0.396. The van der Waals surface area contributed by atoms with Gasteiger partial charge in [0.25, 0.3) is 5.91 Å². The van der Waals surface area contributed by atoms with Crippen molar-refractivity contribution in [1.29, 1.82) is 0 Å². The van der Waals surface area contributed by atoms with Crippen molar-refractivity contribution in [3.8, 4) is 0 Å². The Morgan fingerprint density at radius 2 is 1.57 bits per heavy atom. The third-order valence-electron chi connectivity index (χ3n) is 2.92. The average Bonchev–Trinajstić information content (AvgIpc) is 2.47. The lowest BCUT2D eigenvalue weighted by Crippen LogP contribution is -2.13. The molecule has 0 aromatic heterocycles. The number of alkyl halides is 3. The van der Waals surface area contributed by atoms with Gasteiger partial charge >= 0.3 is 6.18 Å². The van der Waals surface area contributed by atoms with Gasteiger partial charge in [0.2, 0.25) is 0 Å². The Labute approximate surface area is 119 Å². The van der Waals surface area contributed by atoms with Crippen LogP contribution in [0.25, 0.3) is 0 Å². The van der Waals surface area contributed by atoms with E-state index in [1.54, 1.807) is 24.3 Å². The monoisotopic (exact) mass is 294 g/mol. The molecule has 21 heavy (non-hydrogen) atoms. The van der Waals surface area contributed by atoms with Crippen LogP contribution in [-0.4, -0.2) is 5.91 Å². The summed E-state index contributed by atoms with van der Waals surface area (Å²) < 4.78 is 37.3. The minimum absolute atomic E-state index is 0.158. The number of anilines is 1. The first-order chi connectivity index (χ1) is 9.90. The first kappa shape index (κ1) is 15.1.